The third kappa shape index (κ3) is 5.16. The van der Waals surface area contributed by atoms with E-state index in [9.17, 15) is 4.79 Å². The smallest absolute Gasteiger partial charge is 0.222 e. The van der Waals surface area contributed by atoms with Crippen LogP contribution in [-0.4, -0.2) is 37.5 Å². The Labute approximate surface area is 128 Å². The summed E-state index contributed by atoms with van der Waals surface area (Å²) in [6, 6.07) is 8.50. The minimum atomic E-state index is 0.322. The van der Waals surface area contributed by atoms with Crippen LogP contribution in [-0.2, 0) is 11.2 Å². The van der Waals surface area contributed by atoms with Crippen LogP contribution in [0.15, 0.2) is 24.3 Å². The molecule has 1 N–H and O–H groups in total. The summed E-state index contributed by atoms with van der Waals surface area (Å²) in [6.07, 6.45) is 5.07. The number of nitrogens with one attached hydrogen (secondary N) is 1. The molecule has 2 rings (SSSR count). The van der Waals surface area contributed by atoms with E-state index in [1.54, 1.807) is 0 Å². The lowest BCUT2D eigenvalue weighted by Crippen LogP contribution is -2.39. The number of piperidine rings is 1. The van der Waals surface area contributed by atoms with Crippen molar-refractivity contribution >= 4 is 5.91 Å². The quantitative estimate of drug-likeness (QED) is 0.873. The van der Waals surface area contributed by atoms with Crippen LogP contribution in [0.3, 0.4) is 0 Å². The third-order valence-electron chi connectivity index (χ3n) is 4.52. The summed E-state index contributed by atoms with van der Waals surface area (Å²) in [5, 5.41) is 3.21. The Hall–Kier alpha value is -1.35. The highest BCUT2D eigenvalue weighted by Gasteiger charge is 2.21. The number of likely N-dealkylation sites (tertiary alicyclic amines) is 1. The van der Waals surface area contributed by atoms with Gasteiger partial charge in [-0.15, -0.1) is 0 Å². The number of nitrogens with zero attached hydrogens (tertiary/aromatic N) is 1. The highest BCUT2D eigenvalue weighted by atomic mass is 16.2. The van der Waals surface area contributed by atoms with Crippen molar-refractivity contribution in [1.82, 2.24) is 10.2 Å². The van der Waals surface area contributed by atoms with E-state index >= 15 is 0 Å². The monoisotopic (exact) mass is 288 g/mol. The first-order valence-corrected chi connectivity index (χ1v) is 8.17. The topological polar surface area (TPSA) is 32.3 Å². The zero-order valence-electron chi connectivity index (χ0n) is 13.4. The number of amides is 1. The molecule has 0 spiro atoms. The number of aryl methyl sites for hydroxylation is 2. The van der Waals surface area contributed by atoms with Crippen LogP contribution in [0.25, 0.3) is 0 Å². The van der Waals surface area contributed by atoms with Gasteiger partial charge in [0.1, 0.15) is 0 Å². The largest absolute Gasteiger partial charge is 0.343 e. The lowest BCUT2D eigenvalue weighted by Gasteiger charge is -2.32. The van der Waals surface area contributed by atoms with E-state index in [2.05, 4.69) is 41.4 Å². The maximum Gasteiger partial charge on any atom is 0.222 e. The van der Waals surface area contributed by atoms with E-state index in [4.69, 9.17) is 0 Å². The van der Waals surface area contributed by atoms with Gasteiger partial charge in [-0.1, -0.05) is 29.8 Å². The van der Waals surface area contributed by atoms with Crippen LogP contribution in [0, 0.1) is 12.8 Å². The van der Waals surface area contributed by atoms with Crippen molar-refractivity contribution in [2.45, 2.75) is 39.0 Å². The third-order valence-corrected chi connectivity index (χ3v) is 4.52. The van der Waals surface area contributed by atoms with Crippen LogP contribution in [0.1, 0.15) is 36.8 Å². The molecule has 3 heteroatoms. The molecule has 1 fully saturated rings. The van der Waals surface area contributed by atoms with Crippen molar-refractivity contribution in [3.05, 3.63) is 35.4 Å². The molecular formula is C18H28N2O. The standard InChI is InChI=1S/C18H28N2O/c1-15-3-5-16(6-4-15)7-8-18(21)20-13-10-17(11-14-20)9-12-19-2/h3-6,17,19H,7-14H2,1-2H3. The zero-order valence-corrected chi connectivity index (χ0v) is 13.4. The molecular weight excluding hydrogens is 260 g/mol. The molecule has 3 nitrogen and oxygen atoms in total. The number of hydrogen-bond acceptors (Lipinski definition) is 2. The molecule has 0 atom stereocenters. The van der Waals surface area contributed by atoms with Gasteiger partial charge >= 0.3 is 0 Å². The molecule has 1 amide bonds. The molecule has 116 valence electrons. The molecule has 0 radical (unpaired) electrons. The van der Waals surface area contributed by atoms with Gasteiger partial charge in [0, 0.05) is 19.5 Å². The SMILES string of the molecule is CNCCC1CCN(C(=O)CCc2ccc(C)cc2)CC1. The zero-order chi connectivity index (χ0) is 15.1. The molecule has 1 aromatic rings. The Balaban J connectivity index is 1.71. The maximum atomic E-state index is 12.3. The molecule has 1 saturated heterocycles. The minimum absolute atomic E-state index is 0.322. The average Bonchev–Trinajstić information content (AvgIpc) is 2.52. The first-order chi connectivity index (χ1) is 10.2. The van der Waals surface area contributed by atoms with Gasteiger partial charge in [-0.05, 0) is 57.7 Å². The van der Waals surface area contributed by atoms with Crippen molar-refractivity contribution < 1.29 is 4.79 Å². The highest BCUT2D eigenvalue weighted by Crippen LogP contribution is 2.20. The van der Waals surface area contributed by atoms with Gasteiger partial charge in [0.15, 0.2) is 0 Å². The van der Waals surface area contributed by atoms with Crippen molar-refractivity contribution in [2.75, 3.05) is 26.7 Å². The predicted molar refractivity (Wildman–Crippen MR) is 87.3 cm³/mol. The van der Waals surface area contributed by atoms with Gasteiger partial charge in [0.2, 0.25) is 5.91 Å². The lowest BCUT2D eigenvalue weighted by atomic mass is 9.93. The fraction of sp³-hybridized carbons (Fsp3) is 0.611. The van der Waals surface area contributed by atoms with Crippen LogP contribution in [0.4, 0.5) is 0 Å². The van der Waals surface area contributed by atoms with E-state index in [0.29, 0.717) is 12.3 Å². The number of hydrogen-bond donors (Lipinski definition) is 1. The summed E-state index contributed by atoms with van der Waals surface area (Å²) in [5.41, 5.74) is 2.53. The van der Waals surface area contributed by atoms with Crippen molar-refractivity contribution in [3.8, 4) is 0 Å². The molecule has 0 bridgehead atoms. The van der Waals surface area contributed by atoms with Gasteiger partial charge in [0.25, 0.3) is 0 Å². The van der Waals surface area contributed by atoms with Crippen LogP contribution >= 0.6 is 0 Å². The molecule has 1 aliphatic rings. The summed E-state index contributed by atoms with van der Waals surface area (Å²) in [6.45, 7) is 5.07. The first kappa shape index (κ1) is 16.0. The molecule has 0 unspecified atom stereocenters. The van der Waals surface area contributed by atoms with Crippen LogP contribution in [0.5, 0.6) is 0 Å². The predicted octanol–water partition coefficient (Wildman–Crippen LogP) is 2.78. The number of carbonyl (C=O) groups is 1. The van der Waals surface area contributed by atoms with Gasteiger partial charge in [-0.3, -0.25) is 4.79 Å². The van der Waals surface area contributed by atoms with E-state index < -0.39 is 0 Å². The van der Waals surface area contributed by atoms with Crippen LogP contribution < -0.4 is 5.32 Å². The normalized spacial score (nSPS) is 16.2. The van der Waals surface area contributed by atoms with Crippen molar-refractivity contribution in [1.29, 1.82) is 0 Å². The summed E-state index contributed by atoms with van der Waals surface area (Å²) in [4.78, 5) is 14.3. The molecule has 21 heavy (non-hydrogen) atoms. The molecule has 0 aliphatic carbocycles. The van der Waals surface area contributed by atoms with E-state index in [1.165, 1.54) is 17.5 Å². The van der Waals surface area contributed by atoms with Gasteiger partial charge in [-0.2, -0.15) is 0 Å². The summed E-state index contributed by atoms with van der Waals surface area (Å²) >= 11 is 0. The van der Waals surface area contributed by atoms with Gasteiger partial charge < -0.3 is 10.2 Å². The van der Waals surface area contributed by atoms with E-state index in [1.807, 2.05) is 7.05 Å². The second-order valence-electron chi connectivity index (χ2n) is 6.20. The van der Waals surface area contributed by atoms with E-state index in [0.717, 1.165) is 44.8 Å². The average molecular weight is 288 g/mol. The number of rotatable bonds is 6. The summed E-state index contributed by atoms with van der Waals surface area (Å²) < 4.78 is 0. The lowest BCUT2D eigenvalue weighted by molar-refractivity contribution is -0.132. The van der Waals surface area contributed by atoms with Crippen molar-refractivity contribution in [2.24, 2.45) is 5.92 Å². The van der Waals surface area contributed by atoms with Gasteiger partial charge in [0.05, 0.1) is 0 Å². The fourth-order valence-corrected chi connectivity index (χ4v) is 2.98. The second kappa shape index (κ2) is 8.18. The summed E-state index contributed by atoms with van der Waals surface area (Å²) in [5.74, 6) is 1.11. The molecule has 0 aromatic heterocycles. The Morgan fingerprint density at radius 3 is 2.52 bits per heavy atom. The summed E-state index contributed by atoms with van der Waals surface area (Å²) in [7, 11) is 2.00. The molecule has 1 aliphatic heterocycles. The highest BCUT2D eigenvalue weighted by molar-refractivity contribution is 5.76. The maximum absolute atomic E-state index is 12.3. The van der Waals surface area contributed by atoms with Crippen molar-refractivity contribution in [3.63, 3.8) is 0 Å². The Bertz CT molecular complexity index is 433. The fourth-order valence-electron chi connectivity index (χ4n) is 2.98. The Morgan fingerprint density at radius 1 is 1.24 bits per heavy atom. The Morgan fingerprint density at radius 2 is 1.90 bits per heavy atom. The first-order valence-electron chi connectivity index (χ1n) is 8.17. The van der Waals surface area contributed by atoms with Gasteiger partial charge in [-0.25, -0.2) is 0 Å². The number of carbonyl (C=O) groups excluding carboxylic acids is 1. The Kier molecular flexibility index (Phi) is 6.24. The van der Waals surface area contributed by atoms with E-state index in [-0.39, 0.29) is 0 Å². The molecule has 1 aromatic carbocycles. The van der Waals surface area contributed by atoms with Crippen LogP contribution in [0.2, 0.25) is 0 Å². The second-order valence-corrected chi connectivity index (χ2v) is 6.20. The molecule has 0 saturated carbocycles. The molecule has 1 heterocycles. The number of benzene rings is 1. The minimum Gasteiger partial charge on any atom is -0.343 e.